The molecule has 1 aromatic carbocycles. The summed E-state index contributed by atoms with van der Waals surface area (Å²) >= 11 is 0. The Bertz CT molecular complexity index is 480. The van der Waals surface area contributed by atoms with Crippen molar-refractivity contribution in [1.82, 2.24) is 10.2 Å². The molecule has 5 nitrogen and oxygen atoms in total. The molecule has 1 aliphatic heterocycles. The van der Waals surface area contributed by atoms with Crippen molar-refractivity contribution in [2.45, 2.75) is 19.8 Å². The highest BCUT2D eigenvalue weighted by molar-refractivity contribution is 6.39. The van der Waals surface area contributed by atoms with Crippen molar-refractivity contribution in [3.8, 4) is 0 Å². The third kappa shape index (κ3) is 3.81. The molecule has 0 bridgehead atoms. The van der Waals surface area contributed by atoms with Gasteiger partial charge in [-0.3, -0.25) is 9.59 Å². The van der Waals surface area contributed by atoms with Gasteiger partial charge >= 0.3 is 11.8 Å². The predicted molar refractivity (Wildman–Crippen MR) is 78.5 cm³/mol. The van der Waals surface area contributed by atoms with E-state index in [0.29, 0.717) is 18.8 Å². The van der Waals surface area contributed by atoms with Crippen molar-refractivity contribution in [2.24, 2.45) is 0 Å². The fourth-order valence-electron chi connectivity index (χ4n) is 2.25. The number of aryl methyl sites for hydroxylation is 1. The van der Waals surface area contributed by atoms with Gasteiger partial charge in [-0.2, -0.15) is 0 Å². The van der Waals surface area contributed by atoms with Gasteiger partial charge in [-0.25, -0.2) is 0 Å². The maximum Gasteiger partial charge on any atom is 0.313 e. The predicted octanol–water partition coefficient (Wildman–Crippen LogP) is 1.01. The molecule has 0 aliphatic carbocycles. The molecule has 20 heavy (non-hydrogen) atoms. The van der Waals surface area contributed by atoms with Crippen LogP contribution in [0.1, 0.15) is 18.9 Å². The molecule has 0 radical (unpaired) electrons. The summed E-state index contributed by atoms with van der Waals surface area (Å²) < 4.78 is 0. The minimum Gasteiger partial charge on any atom is -0.333 e. The van der Waals surface area contributed by atoms with Gasteiger partial charge in [0.1, 0.15) is 0 Å². The molecule has 1 fully saturated rings. The second kappa shape index (κ2) is 7.05. The highest BCUT2D eigenvalue weighted by atomic mass is 16.2. The van der Waals surface area contributed by atoms with E-state index in [2.05, 4.69) is 17.6 Å². The van der Waals surface area contributed by atoms with Gasteiger partial charge in [0.05, 0.1) is 0 Å². The highest BCUT2D eigenvalue weighted by Crippen LogP contribution is 2.11. The first-order chi connectivity index (χ1) is 9.70. The lowest BCUT2D eigenvalue weighted by Crippen LogP contribution is -2.41. The number of rotatable bonds is 2. The summed E-state index contributed by atoms with van der Waals surface area (Å²) in [7, 11) is 0. The largest absolute Gasteiger partial charge is 0.333 e. The van der Waals surface area contributed by atoms with Gasteiger partial charge in [-0.05, 0) is 37.1 Å². The zero-order valence-electron chi connectivity index (χ0n) is 11.8. The molecule has 1 aliphatic rings. The molecule has 0 saturated carbocycles. The van der Waals surface area contributed by atoms with Gasteiger partial charge in [0, 0.05) is 25.3 Å². The van der Waals surface area contributed by atoms with Crippen LogP contribution in [0, 0.1) is 0 Å². The van der Waals surface area contributed by atoms with Gasteiger partial charge in [0.15, 0.2) is 0 Å². The van der Waals surface area contributed by atoms with Gasteiger partial charge in [0.25, 0.3) is 0 Å². The quantitative estimate of drug-likeness (QED) is 0.792. The second-order valence-corrected chi connectivity index (χ2v) is 4.90. The summed E-state index contributed by atoms with van der Waals surface area (Å²) in [6, 6.07) is 7.58. The van der Waals surface area contributed by atoms with E-state index in [-0.39, 0.29) is 0 Å². The molecule has 0 spiro atoms. The standard InChI is InChI=1S/C15H21N3O2/c1-2-12-5-3-6-13(11-12)17-14(19)15(20)18-9-4-7-16-8-10-18/h3,5-6,11,16H,2,4,7-10H2,1H3,(H,17,19). The molecule has 2 rings (SSSR count). The smallest absolute Gasteiger partial charge is 0.313 e. The van der Waals surface area contributed by atoms with Crippen molar-refractivity contribution in [2.75, 3.05) is 31.5 Å². The number of carbonyl (C=O) groups is 2. The van der Waals surface area contributed by atoms with Crippen LogP contribution in [0.3, 0.4) is 0 Å². The van der Waals surface area contributed by atoms with Crippen molar-refractivity contribution < 1.29 is 9.59 Å². The molecule has 0 unspecified atom stereocenters. The average Bonchev–Trinajstić information content (AvgIpc) is 2.75. The van der Waals surface area contributed by atoms with Crippen LogP contribution in [-0.2, 0) is 16.0 Å². The number of nitrogens with one attached hydrogen (secondary N) is 2. The van der Waals surface area contributed by atoms with E-state index in [0.717, 1.165) is 31.5 Å². The lowest BCUT2D eigenvalue weighted by atomic mass is 10.1. The monoisotopic (exact) mass is 275 g/mol. The van der Waals surface area contributed by atoms with Gasteiger partial charge in [0.2, 0.25) is 0 Å². The van der Waals surface area contributed by atoms with Crippen molar-refractivity contribution in [1.29, 1.82) is 0 Å². The molecule has 108 valence electrons. The number of benzene rings is 1. The van der Waals surface area contributed by atoms with E-state index < -0.39 is 11.8 Å². The number of nitrogens with zero attached hydrogens (tertiary/aromatic N) is 1. The van der Waals surface area contributed by atoms with E-state index in [4.69, 9.17) is 0 Å². The summed E-state index contributed by atoms with van der Waals surface area (Å²) in [5.74, 6) is -1.00. The Morgan fingerprint density at radius 1 is 1.30 bits per heavy atom. The fraction of sp³-hybridized carbons (Fsp3) is 0.467. The number of anilines is 1. The van der Waals surface area contributed by atoms with Crippen molar-refractivity contribution in [3.05, 3.63) is 29.8 Å². The Morgan fingerprint density at radius 2 is 2.15 bits per heavy atom. The van der Waals surface area contributed by atoms with E-state index in [1.165, 1.54) is 0 Å². The van der Waals surface area contributed by atoms with E-state index in [1.54, 1.807) is 11.0 Å². The molecule has 2 amide bonds. The van der Waals surface area contributed by atoms with Gasteiger partial charge < -0.3 is 15.5 Å². The lowest BCUT2D eigenvalue weighted by molar-refractivity contribution is -0.143. The summed E-state index contributed by atoms with van der Waals surface area (Å²) in [5, 5.41) is 5.89. The Morgan fingerprint density at radius 3 is 2.95 bits per heavy atom. The fourth-order valence-corrected chi connectivity index (χ4v) is 2.25. The lowest BCUT2D eigenvalue weighted by Gasteiger charge is -2.19. The molecular weight excluding hydrogens is 254 g/mol. The Hall–Kier alpha value is -1.88. The van der Waals surface area contributed by atoms with Crippen LogP contribution in [-0.4, -0.2) is 42.9 Å². The molecular formula is C15H21N3O2. The number of hydrogen-bond acceptors (Lipinski definition) is 3. The maximum absolute atomic E-state index is 12.1. The SMILES string of the molecule is CCc1cccc(NC(=O)C(=O)N2CCCNCC2)c1. The highest BCUT2D eigenvalue weighted by Gasteiger charge is 2.22. The summed E-state index contributed by atoms with van der Waals surface area (Å²) in [4.78, 5) is 25.7. The third-order valence-electron chi connectivity index (χ3n) is 3.41. The van der Waals surface area contributed by atoms with E-state index >= 15 is 0 Å². The molecule has 5 heteroatoms. The Kier molecular flexibility index (Phi) is 5.12. The summed E-state index contributed by atoms with van der Waals surface area (Å²) in [6.07, 6.45) is 1.78. The normalized spacial score (nSPS) is 15.6. The number of carbonyl (C=O) groups excluding carboxylic acids is 2. The second-order valence-electron chi connectivity index (χ2n) is 4.90. The molecule has 1 saturated heterocycles. The van der Waals surface area contributed by atoms with Crippen LogP contribution in [0.4, 0.5) is 5.69 Å². The first-order valence-corrected chi connectivity index (χ1v) is 7.10. The maximum atomic E-state index is 12.1. The van der Waals surface area contributed by atoms with Crippen LogP contribution in [0.5, 0.6) is 0 Å². The summed E-state index contributed by atoms with van der Waals surface area (Å²) in [5.41, 5.74) is 1.81. The van der Waals surface area contributed by atoms with Crippen LogP contribution in [0.2, 0.25) is 0 Å². The Balaban J connectivity index is 1.97. The van der Waals surface area contributed by atoms with Crippen LogP contribution >= 0.6 is 0 Å². The Labute approximate surface area is 119 Å². The van der Waals surface area contributed by atoms with Crippen LogP contribution < -0.4 is 10.6 Å². The average molecular weight is 275 g/mol. The van der Waals surface area contributed by atoms with Crippen LogP contribution in [0.15, 0.2) is 24.3 Å². The molecule has 1 aromatic rings. The van der Waals surface area contributed by atoms with Crippen LogP contribution in [0.25, 0.3) is 0 Å². The van der Waals surface area contributed by atoms with Gasteiger partial charge in [-0.1, -0.05) is 19.1 Å². The van der Waals surface area contributed by atoms with Gasteiger partial charge in [-0.15, -0.1) is 0 Å². The zero-order valence-corrected chi connectivity index (χ0v) is 11.8. The topological polar surface area (TPSA) is 61.4 Å². The molecule has 1 heterocycles. The molecule has 2 N–H and O–H groups in total. The minimum absolute atomic E-state index is 0.449. The van der Waals surface area contributed by atoms with E-state index in [9.17, 15) is 9.59 Å². The number of amides is 2. The third-order valence-corrected chi connectivity index (χ3v) is 3.41. The zero-order chi connectivity index (χ0) is 14.4. The minimum atomic E-state index is -0.555. The van der Waals surface area contributed by atoms with Crippen molar-refractivity contribution in [3.63, 3.8) is 0 Å². The van der Waals surface area contributed by atoms with Crippen molar-refractivity contribution >= 4 is 17.5 Å². The first-order valence-electron chi connectivity index (χ1n) is 7.10. The van der Waals surface area contributed by atoms with E-state index in [1.807, 2.05) is 18.2 Å². The number of hydrogen-bond donors (Lipinski definition) is 2. The summed E-state index contributed by atoms with van der Waals surface area (Å²) in [6.45, 7) is 4.90. The first kappa shape index (κ1) is 14.5. The molecule has 0 atom stereocenters. The molecule has 0 aromatic heterocycles.